The van der Waals surface area contributed by atoms with E-state index in [1.807, 2.05) is 12.1 Å². The Bertz CT molecular complexity index is 300. The molecular weight excluding hydrogens is 233 g/mol. The molecule has 1 aliphatic rings. The number of pyridine rings is 1. The second-order valence-electron chi connectivity index (χ2n) is 3.52. The smallest absolute Gasteiger partial charge is 0.133 e. The molecule has 0 aliphatic carbocycles. The molecule has 15 heavy (non-hydrogen) atoms. The fourth-order valence-corrected chi connectivity index (χ4v) is 1.82. The molecule has 2 heterocycles. The number of aromatic nitrogens is 1. The summed E-state index contributed by atoms with van der Waals surface area (Å²) in [5.41, 5.74) is 1.07. The van der Waals surface area contributed by atoms with E-state index < -0.39 is 0 Å². The SMILES string of the molecule is Cl.Clc1ncccc1CNC1CCNC1. The predicted molar refractivity (Wildman–Crippen MR) is 64.6 cm³/mol. The lowest BCUT2D eigenvalue weighted by Gasteiger charge is -2.11. The summed E-state index contributed by atoms with van der Waals surface area (Å²) in [6, 6.07) is 4.49. The van der Waals surface area contributed by atoms with Gasteiger partial charge in [-0.3, -0.25) is 0 Å². The molecule has 0 aromatic carbocycles. The zero-order valence-corrected chi connectivity index (χ0v) is 9.94. The Morgan fingerprint density at radius 2 is 2.47 bits per heavy atom. The van der Waals surface area contributed by atoms with E-state index in [1.54, 1.807) is 6.20 Å². The van der Waals surface area contributed by atoms with Gasteiger partial charge < -0.3 is 10.6 Å². The molecule has 2 N–H and O–H groups in total. The van der Waals surface area contributed by atoms with E-state index >= 15 is 0 Å². The van der Waals surface area contributed by atoms with E-state index in [2.05, 4.69) is 15.6 Å². The number of rotatable bonds is 3. The third kappa shape index (κ3) is 3.61. The minimum Gasteiger partial charge on any atom is -0.315 e. The molecular formula is C10H15Cl2N3. The van der Waals surface area contributed by atoms with Crippen molar-refractivity contribution < 1.29 is 0 Å². The van der Waals surface area contributed by atoms with Gasteiger partial charge in [-0.05, 0) is 19.0 Å². The Morgan fingerprint density at radius 1 is 1.60 bits per heavy atom. The van der Waals surface area contributed by atoms with Crippen LogP contribution in [0.15, 0.2) is 18.3 Å². The molecule has 1 unspecified atom stereocenters. The van der Waals surface area contributed by atoms with Crippen molar-refractivity contribution in [1.29, 1.82) is 0 Å². The molecule has 0 spiro atoms. The zero-order valence-electron chi connectivity index (χ0n) is 8.37. The summed E-state index contributed by atoms with van der Waals surface area (Å²) in [5.74, 6) is 0. The van der Waals surface area contributed by atoms with E-state index in [9.17, 15) is 0 Å². The van der Waals surface area contributed by atoms with Gasteiger partial charge in [0.25, 0.3) is 0 Å². The molecule has 84 valence electrons. The topological polar surface area (TPSA) is 37.0 Å². The van der Waals surface area contributed by atoms with Gasteiger partial charge >= 0.3 is 0 Å². The maximum Gasteiger partial charge on any atom is 0.133 e. The molecule has 0 bridgehead atoms. The van der Waals surface area contributed by atoms with Crippen molar-refractivity contribution in [2.75, 3.05) is 13.1 Å². The number of hydrogen-bond donors (Lipinski definition) is 2. The quantitative estimate of drug-likeness (QED) is 0.798. The third-order valence-electron chi connectivity index (χ3n) is 2.48. The summed E-state index contributed by atoms with van der Waals surface area (Å²) in [6.45, 7) is 2.97. The first-order valence-electron chi connectivity index (χ1n) is 4.90. The molecule has 1 fully saturated rings. The van der Waals surface area contributed by atoms with Crippen molar-refractivity contribution >= 4 is 24.0 Å². The van der Waals surface area contributed by atoms with Crippen LogP contribution in [-0.4, -0.2) is 24.1 Å². The lowest BCUT2D eigenvalue weighted by molar-refractivity contribution is 0.547. The molecule has 1 saturated heterocycles. The number of nitrogens with one attached hydrogen (secondary N) is 2. The van der Waals surface area contributed by atoms with Crippen LogP contribution in [0.5, 0.6) is 0 Å². The highest BCUT2D eigenvalue weighted by Crippen LogP contribution is 2.11. The summed E-state index contributed by atoms with van der Waals surface area (Å²) in [7, 11) is 0. The molecule has 5 heteroatoms. The summed E-state index contributed by atoms with van der Waals surface area (Å²) in [5, 5.41) is 7.37. The van der Waals surface area contributed by atoms with E-state index in [0.29, 0.717) is 11.2 Å². The summed E-state index contributed by atoms with van der Waals surface area (Å²) >= 11 is 5.94. The molecule has 3 nitrogen and oxygen atoms in total. The van der Waals surface area contributed by atoms with Crippen LogP contribution in [0.3, 0.4) is 0 Å². The van der Waals surface area contributed by atoms with E-state index in [-0.39, 0.29) is 12.4 Å². The van der Waals surface area contributed by atoms with Gasteiger partial charge in [-0.25, -0.2) is 4.98 Å². The van der Waals surface area contributed by atoms with Gasteiger partial charge in [0.05, 0.1) is 0 Å². The van der Waals surface area contributed by atoms with Crippen LogP contribution >= 0.6 is 24.0 Å². The standard InChI is InChI=1S/C10H14ClN3.ClH/c11-10-8(2-1-4-13-10)6-14-9-3-5-12-7-9;/h1-2,4,9,12,14H,3,5-7H2;1H. The van der Waals surface area contributed by atoms with Crippen LogP contribution in [-0.2, 0) is 6.54 Å². The Kier molecular flexibility index (Phi) is 5.32. The first kappa shape index (κ1) is 12.7. The van der Waals surface area contributed by atoms with E-state index in [0.717, 1.165) is 25.2 Å². The zero-order chi connectivity index (χ0) is 9.80. The van der Waals surface area contributed by atoms with Gasteiger partial charge in [0.1, 0.15) is 5.15 Å². The van der Waals surface area contributed by atoms with Crippen molar-refractivity contribution in [3.8, 4) is 0 Å². The van der Waals surface area contributed by atoms with E-state index in [1.165, 1.54) is 6.42 Å². The largest absolute Gasteiger partial charge is 0.315 e. The fraction of sp³-hybridized carbons (Fsp3) is 0.500. The van der Waals surface area contributed by atoms with Crippen molar-refractivity contribution in [2.24, 2.45) is 0 Å². The van der Waals surface area contributed by atoms with Gasteiger partial charge in [0.2, 0.25) is 0 Å². The molecule has 1 aliphatic heterocycles. The highest BCUT2D eigenvalue weighted by molar-refractivity contribution is 6.30. The first-order chi connectivity index (χ1) is 6.86. The van der Waals surface area contributed by atoms with Crippen LogP contribution < -0.4 is 10.6 Å². The monoisotopic (exact) mass is 247 g/mol. The van der Waals surface area contributed by atoms with Crippen molar-refractivity contribution in [1.82, 2.24) is 15.6 Å². The second kappa shape index (κ2) is 6.28. The van der Waals surface area contributed by atoms with Crippen LogP contribution in [0, 0.1) is 0 Å². The number of halogens is 2. The summed E-state index contributed by atoms with van der Waals surface area (Å²) in [4.78, 5) is 4.03. The maximum absolute atomic E-state index is 5.94. The fourth-order valence-electron chi connectivity index (χ4n) is 1.63. The third-order valence-corrected chi connectivity index (χ3v) is 2.82. The Labute approximate surface area is 101 Å². The molecule has 0 saturated carbocycles. The van der Waals surface area contributed by atoms with Gasteiger partial charge in [-0.15, -0.1) is 12.4 Å². The Balaban J connectivity index is 0.00000112. The molecule has 0 amide bonds. The van der Waals surface area contributed by atoms with Crippen molar-refractivity contribution in [2.45, 2.75) is 19.0 Å². The van der Waals surface area contributed by atoms with Crippen LogP contribution in [0.1, 0.15) is 12.0 Å². The Morgan fingerprint density at radius 3 is 3.13 bits per heavy atom. The minimum absolute atomic E-state index is 0. The van der Waals surface area contributed by atoms with Crippen LogP contribution in [0.25, 0.3) is 0 Å². The average Bonchev–Trinajstić information content (AvgIpc) is 2.69. The van der Waals surface area contributed by atoms with Crippen LogP contribution in [0.2, 0.25) is 5.15 Å². The van der Waals surface area contributed by atoms with E-state index in [4.69, 9.17) is 11.6 Å². The molecule has 1 aromatic rings. The highest BCUT2D eigenvalue weighted by Gasteiger charge is 2.13. The second-order valence-corrected chi connectivity index (χ2v) is 3.88. The average molecular weight is 248 g/mol. The van der Waals surface area contributed by atoms with Crippen LogP contribution in [0.4, 0.5) is 0 Å². The van der Waals surface area contributed by atoms with Gasteiger partial charge in [-0.1, -0.05) is 17.7 Å². The summed E-state index contributed by atoms with van der Waals surface area (Å²) < 4.78 is 0. The van der Waals surface area contributed by atoms with Gasteiger partial charge in [-0.2, -0.15) is 0 Å². The molecule has 2 rings (SSSR count). The molecule has 1 aromatic heterocycles. The molecule has 1 atom stereocenters. The first-order valence-corrected chi connectivity index (χ1v) is 5.27. The maximum atomic E-state index is 5.94. The number of hydrogen-bond acceptors (Lipinski definition) is 3. The highest BCUT2D eigenvalue weighted by atomic mass is 35.5. The van der Waals surface area contributed by atoms with Gasteiger partial charge in [0.15, 0.2) is 0 Å². The summed E-state index contributed by atoms with van der Waals surface area (Å²) in [6.07, 6.45) is 2.90. The number of nitrogens with zero attached hydrogens (tertiary/aromatic N) is 1. The lowest BCUT2D eigenvalue weighted by Crippen LogP contribution is -2.30. The normalized spacial score (nSPS) is 19.9. The van der Waals surface area contributed by atoms with Crippen molar-refractivity contribution in [3.05, 3.63) is 29.0 Å². The Hall–Kier alpha value is -0.350. The van der Waals surface area contributed by atoms with Gasteiger partial charge in [0, 0.05) is 30.9 Å². The van der Waals surface area contributed by atoms with Crippen molar-refractivity contribution in [3.63, 3.8) is 0 Å². The molecule has 0 radical (unpaired) electrons. The predicted octanol–water partition coefficient (Wildman–Crippen LogP) is 1.61. The lowest BCUT2D eigenvalue weighted by atomic mass is 10.2. The minimum atomic E-state index is 0.